The lowest BCUT2D eigenvalue weighted by Crippen LogP contribution is -2.24. The minimum absolute atomic E-state index is 0.0226. The molecule has 6 nitrogen and oxygen atoms in total. The van der Waals surface area contributed by atoms with E-state index in [1.165, 1.54) is 0 Å². The maximum atomic E-state index is 13.2. The molecular weight excluding hydrogens is 442 g/mol. The molecule has 0 aliphatic rings. The van der Waals surface area contributed by atoms with Gasteiger partial charge in [0.05, 0.1) is 16.4 Å². The van der Waals surface area contributed by atoms with Crippen molar-refractivity contribution in [1.29, 1.82) is 0 Å². The Morgan fingerprint density at radius 2 is 1.84 bits per heavy atom. The summed E-state index contributed by atoms with van der Waals surface area (Å²) in [6, 6.07) is 15.4. The van der Waals surface area contributed by atoms with E-state index in [0.717, 1.165) is 33.6 Å². The Bertz CT molecular complexity index is 1510. The Labute approximate surface area is 194 Å². The van der Waals surface area contributed by atoms with Crippen molar-refractivity contribution in [1.82, 2.24) is 24.1 Å². The van der Waals surface area contributed by atoms with Gasteiger partial charge in [0.25, 0.3) is 5.56 Å². The molecule has 0 atom stereocenters. The maximum absolute atomic E-state index is 13.2. The predicted octanol–water partition coefficient (Wildman–Crippen LogP) is 5.58. The van der Waals surface area contributed by atoms with Gasteiger partial charge in [-0.3, -0.25) is 18.7 Å². The molecular formula is C24H22ClN5OS. The number of benzene rings is 2. The minimum Gasteiger partial charge on any atom is -0.276 e. The van der Waals surface area contributed by atoms with Crippen LogP contribution in [0.1, 0.15) is 25.8 Å². The van der Waals surface area contributed by atoms with E-state index in [0.29, 0.717) is 34.4 Å². The van der Waals surface area contributed by atoms with E-state index in [2.05, 4.69) is 29.0 Å². The van der Waals surface area contributed by atoms with Crippen LogP contribution >= 0.6 is 23.4 Å². The zero-order valence-corrected chi connectivity index (χ0v) is 19.4. The van der Waals surface area contributed by atoms with Gasteiger partial charge < -0.3 is 0 Å². The summed E-state index contributed by atoms with van der Waals surface area (Å²) in [6.45, 7) is 4.91. The molecule has 0 aliphatic carbocycles. The van der Waals surface area contributed by atoms with Gasteiger partial charge in [-0.15, -0.1) is 10.2 Å². The smallest absolute Gasteiger partial charge is 0.262 e. The molecule has 0 fully saturated rings. The maximum Gasteiger partial charge on any atom is 0.262 e. The van der Waals surface area contributed by atoms with Crippen molar-refractivity contribution in [2.45, 2.75) is 37.7 Å². The Hall–Kier alpha value is -2.90. The quantitative estimate of drug-likeness (QED) is 0.307. The van der Waals surface area contributed by atoms with Gasteiger partial charge in [0.15, 0.2) is 5.16 Å². The summed E-state index contributed by atoms with van der Waals surface area (Å²) in [4.78, 5) is 17.7. The molecule has 0 radical (unpaired) electrons. The second kappa shape index (κ2) is 8.56. The van der Waals surface area contributed by atoms with E-state index in [1.807, 2.05) is 52.9 Å². The van der Waals surface area contributed by atoms with Crippen LogP contribution in [0.5, 0.6) is 0 Å². The van der Waals surface area contributed by atoms with Crippen LogP contribution in [0, 0.1) is 5.92 Å². The van der Waals surface area contributed by atoms with Crippen LogP contribution in [0.3, 0.4) is 0 Å². The van der Waals surface area contributed by atoms with Gasteiger partial charge in [-0.05, 0) is 48.2 Å². The molecule has 0 bridgehead atoms. The first-order chi connectivity index (χ1) is 15.5. The Morgan fingerprint density at radius 3 is 2.69 bits per heavy atom. The summed E-state index contributed by atoms with van der Waals surface area (Å²) < 4.78 is 3.74. The number of aryl methyl sites for hydroxylation is 1. The van der Waals surface area contributed by atoms with Crippen LogP contribution in [0.4, 0.5) is 0 Å². The van der Waals surface area contributed by atoms with E-state index in [-0.39, 0.29) is 5.56 Å². The van der Waals surface area contributed by atoms with Crippen LogP contribution in [0.2, 0.25) is 5.02 Å². The van der Waals surface area contributed by atoms with Crippen LogP contribution in [0.25, 0.3) is 27.6 Å². The van der Waals surface area contributed by atoms with Crippen molar-refractivity contribution in [2.75, 3.05) is 0 Å². The molecule has 3 aromatic heterocycles. The number of hydrogen-bond donors (Lipinski definition) is 0. The molecule has 162 valence electrons. The second-order valence-electron chi connectivity index (χ2n) is 8.17. The number of aromatic nitrogens is 5. The fraction of sp³-hybridized carbons (Fsp3) is 0.250. The predicted molar refractivity (Wildman–Crippen MR) is 131 cm³/mol. The number of pyridine rings is 1. The van der Waals surface area contributed by atoms with Gasteiger partial charge in [0, 0.05) is 28.9 Å². The zero-order chi connectivity index (χ0) is 22.2. The third-order valence-electron chi connectivity index (χ3n) is 5.57. The molecule has 5 aromatic rings. The summed E-state index contributed by atoms with van der Waals surface area (Å²) in [5.74, 6) is 1.72. The van der Waals surface area contributed by atoms with Crippen LogP contribution in [-0.2, 0) is 12.3 Å². The number of thioether (sulfide) groups is 1. The molecule has 2 aromatic carbocycles. The standard InChI is InChI=1S/C24H22ClN5OS/c1-15(2)11-13-29-22(31)18-6-3-4-8-20(18)30-23(29)27-28-24(30)32-14-16-9-10-19(25)17-7-5-12-26-21(16)17/h3-10,12,15H,11,13-14H2,1-2H3. The second-order valence-corrected chi connectivity index (χ2v) is 9.52. The third-order valence-corrected chi connectivity index (χ3v) is 6.87. The van der Waals surface area contributed by atoms with Gasteiger partial charge in [-0.2, -0.15) is 0 Å². The van der Waals surface area contributed by atoms with E-state index in [4.69, 9.17) is 11.6 Å². The number of para-hydroxylation sites is 1. The van der Waals surface area contributed by atoms with Gasteiger partial charge in [-0.1, -0.05) is 55.4 Å². The van der Waals surface area contributed by atoms with Crippen molar-refractivity contribution >= 4 is 50.9 Å². The van der Waals surface area contributed by atoms with E-state index >= 15 is 0 Å². The Kier molecular flexibility index (Phi) is 5.61. The largest absolute Gasteiger partial charge is 0.276 e. The molecule has 0 unspecified atom stereocenters. The summed E-state index contributed by atoms with van der Waals surface area (Å²) in [7, 11) is 0. The third kappa shape index (κ3) is 3.65. The number of hydrogen-bond acceptors (Lipinski definition) is 5. The van der Waals surface area contributed by atoms with Gasteiger partial charge in [0.1, 0.15) is 0 Å². The van der Waals surface area contributed by atoms with Gasteiger partial charge in [0.2, 0.25) is 5.78 Å². The Balaban J connectivity index is 1.60. The van der Waals surface area contributed by atoms with Gasteiger partial charge in [-0.25, -0.2) is 0 Å². The molecule has 8 heteroatoms. The first-order valence-electron chi connectivity index (χ1n) is 10.6. The fourth-order valence-corrected chi connectivity index (χ4v) is 5.01. The molecule has 3 heterocycles. The van der Waals surface area contributed by atoms with Crippen molar-refractivity contribution in [3.8, 4) is 0 Å². The highest BCUT2D eigenvalue weighted by Crippen LogP contribution is 2.30. The normalized spacial score (nSPS) is 11.9. The van der Waals surface area contributed by atoms with E-state index in [9.17, 15) is 4.79 Å². The molecule has 0 saturated carbocycles. The van der Waals surface area contributed by atoms with Crippen LogP contribution in [-0.4, -0.2) is 24.1 Å². The summed E-state index contributed by atoms with van der Waals surface area (Å²) >= 11 is 7.93. The Morgan fingerprint density at radius 1 is 1.03 bits per heavy atom. The molecule has 32 heavy (non-hydrogen) atoms. The molecule has 0 saturated heterocycles. The van der Waals surface area contributed by atoms with Crippen molar-refractivity contribution < 1.29 is 0 Å². The van der Waals surface area contributed by atoms with Crippen LogP contribution < -0.4 is 5.56 Å². The topological polar surface area (TPSA) is 65.1 Å². The van der Waals surface area contributed by atoms with E-state index < -0.39 is 0 Å². The van der Waals surface area contributed by atoms with Crippen molar-refractivity contribution in [2.24, 2.45) is 5.92 Å². The first kappa shape index (κ1) is 21.0. The minimum atomic E-state index is -0.0226. The number of fused-ring (bicyclic) bond motifs is 4. The number of nitrogens with zero attached hydrogens (tertiary/aromatic N) is 5. The highest BCUT2D eigenvalue weighted by atomic mass is 35.5. The average molecular weight is 464 g/mol. The first-order valence-corrected chi connectivity index (χ1v) is 11.9. The highest BCUT2D eigenvalue weighted by molar-refractivity contribution is 7.98. The summed E-state index contributed by atoms with van der Waals surface area (Å²) in [6.07, 6.45) is 2.67. The average Bonchev–Trinajstić information content (AvgIpc) is 3.22. The van der Waals surface area contributed by atoms with Crippen molar-refractivity contribution in [3.63, 3.8) is 0 Å². The van der Waals surface area contributed by atoms with E-state index in [1.54, 1.807) is 22.5 Å². The summed E-state index contributed by atoms with van der Waals surface area (Å²) in [5, 5.41) is 11.9. The van der Waals surface area contributed by atoms with Crippen molar-refractivity contribution in [3.05, 3.63) is 75.7 Å². The van der Waals surface area contributed by atoms with Crippen LogP contribution in [0.15, 0.2) is 64.7 Å². The lowest BCUT2D eigenvalue weighted by Gasteiger charge is -2.12. The fourth-order valence-electron chi connectivity index (χ4n) is 3.87. The molecule has 5 rings (SSSR count). The molecule has 0 spiro atoms. The molecule has 0 aliphatic heterocycles. The number of rotatable bonds is 6. The SMILES string of the molecule is CC(C)CCn1c(=O)c2ccccc2n2c(SCc3ccc(Cl)c4cccnc34)nnc12. The lowest BCUT2D eigenvalue weighted by molar-refractivity contribution is 0.512. The zero-order valence-electron chi connectivity index (χ0n) is 17.8. The molecule has 0 amide bonds. The monoisotopic (exact) mass is 463 g/mol. The summed E-state index contributed by atoms with van der Waals surface area (Å²) in [5.41, 5.74) is 2.76. The molecule has 0 N–H and O–H groups in total. The number of halogens is 1. The highest BCUT2D eigenvalue weighted by Gasteiger charge is 2.17. The lowest BCUT2D eigenvalue weighted by atomic mass is 10.1. The van der Waals surface area contributed by atoms with Gasteiger partial charge >= 0.3 is 0 Å².